The Kier molecular flexibility index (Phi) is 35.1. The molecule has 4 heteroatoms. The van der Waals surface area contributed by atoms with Crippen LogP contribution in [0.5, 0.6) is 0 Å². The van der Waals surface area contributed by atoms with Crippen LogP contribution in [0, 0.1) is 0 Å². The molecule has 0 aromatic rings. The van der Waals surface area contributed by atoms with Gasteiger partial charge in [0.15, 0.2) is 0 Å². The van der Waals surface area contributed by atoms with E-state index in [0.717, 1.165) is 51.4 Å². The van der Waals surface area contributed by atoms with Gasteiger partial charge in [0.25, 0.3) is 0 Å². The minimum Gasteiger partial charge on any atom is -0.481 e. The number of carboxylic acids is 1. The molecule has 0 spiro atoms. The fourth-order valence-electron chi connectivity index (χ4n) is 6.06. The van der Waals surface area contributed by atoms with Gasteiger partial charge in [-0.3, -0.25) is 9.59 Å². The first-order chi connectivity index (χ1) is 21.6. The van der Waals surface area contributed by atoms with E-state index in [1.807, 2.05) is 0 Å². The number of carbonyl (C=O) groups is 2. The zero-order valence-corrected chi connectivity index (χ0v) is 29.7. The summed E-state index contributed by atoms with van der Waals surface area (Å²) in [7, 11) is 0. The molecule has 0 aliphatic rings. The highest BCUT2D eigenvalue weighted by Crippen LogP contribution is 2.19. The maximum absolute atomic E-state index is 12.6. The van der Waals surface area contributed by atoms with Crippen molar-refractivity contribution in [3.05, 3.63) is 12.2 Å². The largest absolute Gasteiger partial charge is 0.481 e. The Bertz CT molecular complexity index is 629. The van der Waals surface area contributed by atoms with Crippen LogP contribution in [0.25, 0.3) is 0 Å². The predicted octanol–water partition coefficient (Wildman–Crippen LogP) is 13.5. The first-order valence-electron chi connectivity index (χ1n) is 19.7. The summed E-state index contributed by atoms with van der Waals surface area (Å²) < 4.78 is 6.02. The number of hydrogen-bond acceptors (Lipinski definition) is 3. The minimum absolute atomic E-state index is 0.0264. The number of rotatable bonds is 36. The highest BCUT2D eigenvalue weighted by Gasteiger charge is 2.14. The molecule has 0 aliphatic carbocycles. The molecule has 0 aliphatic heterocycles. The van der Waals surface area contributed by atoms with E-state index in [1.54, 1.807) is 0 Å². The lowest BCUT2D eigenvalue weighted by Gasteiger charge is -2.18. The van der Waals surface area contributed by atoms with Crippen molar-refractivity contribution in [2.75, 3.05) is 0 Å². The van der Waals surface area contributed by atoms with Gasteiger partial charge in [-0.1, -0.05) is 161 Å². The smallest absolute Gasteiger partial charge is 0.306 e. The molecular formula is C40H76O4. The quantitative estimate of drug-likeness (QED) is 0.0430. The third-order valence-corrected chi connectivity index (χ3v) is 8.99. The molecule has 1 unspecified atom stereocenters. The Labute approximate surface area is 275 Å². The summed E-state index contributed by atoms with van der Waals surface area (Å²) >= 11 is 0. The zero-order chi connectivity index (χ0) is 32.2. The van der Waals surface area contributed by atoms with Gasteiger partial charge in [-0.05, 0) is 64.2 Å². The van der Waals surface area contributed by atoms with E-state index in [9.17, 15) is 9.59 Å². The number of unbranched alkanes of at least 4 members (excludes halogenated alkanes) is 25. The van der Waals surface area contributed by atoms with Crippen molar-refractivity contribution >= 4 is 11.9 Å². The summed E-state index contributed by atoms with van der Waals surface area (Å²) in [6.45, 7) is 4.54. The van der Waals surface area contributed by atoms with Crippen molar-refractivity contribution in [2.24, 2.45) is 0 Å². The molecule has 1 atom stereocenters. The van der Waals surface area contributed by atoms with E-state index in [0.29, 0.717) is 12.8 Å². The molecule has 0 aromatic heterocycles. The average molecular weight is 621 g/mol. The van der Waals surface area contributed by atoms with Crippen molar-refractivity contribution in [3.8, 4) is 0 Å². The highest BCUT2D eigenvalue weighted by atomic mass is 16.5. The molecule has 0 fully saturated rings. The van der Waals surface area contributed by atoms with Crippen LogP contribution in [0.4, 0.5) is 0 Å². The molecule has 0 radical (unpaired) electrons. The van der Waals surface area contributed by atoms with Crippen LogP contribution >= 0.6 is 0 Å². The summed E-state index contributed by atoms with van der Waals surface area (Å²) in [6, 6.07) is 0. The number of carboxylic acid groups (broad SMARTS) is 1. The second-order valence-corrected chi connectivity index (χ2v) is 13.5. The van der Waals surface area contributed by atoms with E-state index in [4.69, 9.17) is 9.84 Å². The number of carbonyl (C=O) groups excluding carboxylic acids is 1. The van der Waals surface area contributed by atoms with Crippen LogP contribution in [0.2, 0.25) is 0 Å². The van der Waals surface area contributed by atoms with Gasteiger partial charge in [-0.2, -0.15) is 0 Å². The Morgan fingerprint density at radius 1 is 0.477 bits per heavy atom. The van der Waals surface area contributed by atoms with E-state index < -0.39 is 5.97 Å². The average Bonchev–Trinajstić information content (AvgIpc) is 3.01. The van der Waals surface area contributed by atoms with Crippen LogP contribution < -0.4 is 0 Å². The highest BCUT2D eigenvalue weighted by molar-refractivity contribution is 5.69. The summed E-state index contributed by atoms with van der Waals surface area (Å²) in [5, 5.41) is 8.72. The Morgan fingerprint density at radius 2 is 0.818 bits per heavy atom. The number of hydrogen-bond donors (Lipinski definition) is 1. The number of aliphatic carboxylic acids is 1. The van der Waals surface area contributed by atoms with Gasteiger partial charge in [-0.25, -0.2) is 0 Å². The normalized spacial score (nSPS) is 12.2. The van der Waals surface area contributed by atoms with Gasteiger partial charge >= 0.3 is 11.9 Å². The second-order valence-electron chi connectivity index (χ2n) is 13.5. The monoisotopic (exact) mass is 621 g/mol. The third kappa shape index (κ3) is 35.2. The fraction of sp³-hybridized carbons (Fsp3) is 0.900. The van der Waals surface area contributed by atoms with E-state index in [1.165, 1.54) is 148 Å². The van der Waals surface area contributed by atoms with Crippen LogP contribution in [0.15, 0.2) is 12.2 Å². The molecule has 0 saturated heterocycles. The van der Waals surface area contributed by atoms with Gasteiger partial charge in [0.2, 0.25) is 0 Å². The van der Waals surface area contributed by atoms with Crippen LogP contribution in [0.3, 0.4) is 0 Å². The minimum atomic E-state index is -0.677. The molecule has 4 nitrogen and oxygen atoms in total. The van der Waals surface area contributed by atoms with Gasteiger partial charge in [0, 0.05) is 12.8 Å². The Balaban J connectivity index is 3.98. The van der Waals surface area contributed by atoms with Gasteiger partial charge < -0.3 is 9.84 Å². The van der Waals surface area contributed by atoms with Crippen LogP contribution in [0.1, 0.15) is 226 Å². The molecule has 0 bridgehead atoms. The zero-order valence-electron chi connectivity index (χ0n) is 29.7. The van der Waals surface area contributed by atoms with Crippen molar-refractivity contribution in [1.82, 2.24) is 0 Å². The number of esters is 1. The van der Waals surface area contributed by atoms with Gasteiger partial charge in [-0.15, -0.1) is 0 Å². The Hall–Kier alpha value is -1.32. The summed E-state index contributed by atoms with van der Waals surface area (Å²) in [6.07, 6.45) is 43.8. The van der Waals surface area contributed by atoms with E-state index in [2.05, 4.69) is 26.0 Å². The van der Waals surface area contributed by atoms with Gasteiger partial charge in [0.1, 0.15) is 6.10 Å². The van der Waals surface area contributed by atoms with Crippen LogP contribution in [-0.4, -0.2) is 23.1 Å². The van der Waals surface area contributed by atoms with Crippen molar-refractivity contribution in [3.63, 3.8) is 0 Å². The molecule has 0 heterocycles. The molecule has 0 rings (SSSR count). The Morgan fingerprint density at radius 3 is 1.23 bits per heavy atom. The summed E-state index contributed by atoms with van der Waals surface area (Å²) in [4.78, 5) is 23.2. The SMILES string of the molecule is CCCCCCCC/C=C\CCCCCCCC(=O)OC(CCCCCCCCC)CCCCCCCCCCCC(=O)O. The summed E-state index contributed by atoms with van der Waals surface area (Å²) in [5.74, 6) is -0.650. The summed E-state index contributed by atoms with van der Waals surface area (Å²) in [5.41, 5.74) is 0. The molecule has 0 aromatic carbocycles. The fourth-order valence-corrected chi connectivity index (χ4v) is 6.06. The number of allylic oxidation sites excluding steroid dienone is 2. The molecule has 1 N–H and O–H groups in total. The second kappa shape index (κ2) is 36.2. The van der Waals surface area contributed by atoms with Crippen molar-refractivity contribution in [1.29, 1.82) is 0 Å². The standard InChI is InChI=1S/C40H76O4/c1-3-5-7-9-11-12-13-14-15-16-17-21-25-29-33-37-40(43)44-38(34-30-26-22-10-8-6-4-2)35-31-27-23-19-18-20-24-28-32-36-39(41)42/h14-15,38H,3-13,16-37H2,1-2H3,(H,41,42)/b15-14-. The van der Waals surface area contributed by atoms with Crippen LogP contribution in [-0.2, 0) is 14.3 Å². The lowest BCUT2D eigenvalue weighted by Crippen LogP contribution is -2.18. The number of ether oxygens (including phenoxy) is 1. The molecular weight excluding hydrogens is 544 g/mol. The van der Waals surface area contributed by atoms with Crippen molar-refractivity contribution in [2.45, 2.75) is 232 Å². The first-order valence-corrected chi connectivity index (χ1v) is 19.7. The predicted molar refractivity (Wildman–Crippen MR) is 190 cm³/mol. The molecule has 0 amide bonds. The topological polar surface area (TPSA) is 63.6 Å². The lowest BCUT2D eigenvalue weighted by molar-refractivity contribution is -0.150. The lowest BCUT2D eigenvalue weighted by atomic mass is 10.0. The first kappa shape index (κ1) is 42.7. The van der Waals surface area contributed by atoms with Crippen molar-refractivity contribution < 1.29 is 19.4 Å². The van der Waals surface area contributed by atoms with Gasteiger partial charge in [0.05, 0.1) is 0 Å². The molecule has 260 valence electrons. The maximum Gasteiger partial charge on any atom is 0.306 e. The molecule has 0 saturated carbocycles. The molecule has 44 heavy (non-hydrogen) atoms. The van der Waals surface area contributed by atoms with E-state index >= 15 is 0 Å². The maximum atomic E-state index is 12.6. The van der Waals surface area contributed by atoms with E-state index in [-0.39, 0.29) is 12.1 Å². The third-order valence-electron chi connectivity index (χ3n) is 8.99.